The van der Waals surface area contributed by atoms with Crippen LogP contribution in [0.4, 0.5) is 5.69 Å². The topological polar surface area (TPSA) is 59.8 Å². The van der Waals surface area contributed by atoms with Gasteiger partial charge < -0.3 is 9.88 Å². The van der Waals surface area contributed by atoms with Crippen molar-refractivity contribution in [2.45, 2.75) is 24.9 Å². The number of carbonyl (C=O) groups is 1. The lowest BCUT2D eigenvalue weighted by Gasteiger charge is -2.06. The third-order valence-corrected chi connectivity index (χ3v) is 4.58. The van der Waals surface area contributed by atoms with E-state index in [4.69, 9.17) is 0 Å². The highest BCUT2D eigenvalue weighted by atomic mass is 127. The van der Waals surface area contributed by atoms with Gasteiger partial charge >= 0.3 is 0 Å². The van der Waals surface area contributed by atoms with Crippen molar-refractivity contribution in [3.8, 4) is 0 Å². The molecule has 2 rings (SSSR count). The Morgan fingerprint density at radius 2 is 2.00 bits per heavy atom. The molecule has 1 aromatic heterocycles. The fourth-order valence-electron chi connectivity index (χ4n) is 1.82. The molecule has 0 bridgehead atoms. The molecule has 0 radical (unpaired) electrons. The molecule has 0 aliphatic heterocycles. The van der Waals surface area contributed by atoms with Gasteiger partial charge in [0.05, 0.1) is 5.75 Å². The van der Waals surface area contributed by atoms with Crippen molar-refractivity contribution in [3.05, 3.63) is 33.7 Å². The fraction of sp³-hybridized carbons (Fsp3) is 0.357. The highest BCUT2D eigenvalue weighted by Gasteiger charge is 2.13. The first-order valence-electron chi connectivity index (χ1n) is 6.55. The molecule has 0 fully saturated rings. The van der Waals surface area contributed by atoms with Gasteiger partial charge in [0.15, 0.2) is 5.16 Å². The summed E-state index contributed by atoms with van der Waals surface area (Å²) < 4.78 is 3.08. The monoisotopic (exact) mass is 416 g/mol. The number of carbonyl (C=O) groups excluding carboxylic acids is 1. The Balaban J connectivity index is 1.91. The second-order valence-corrected chi connectivity index (χ2v) is 7.09. The number of nitrogens with zero attached hydrogens (tertiary/aromatic N) is 3. The Labute approximate surface area is 142 Å². The molecule has 0 spiro atoms. The molecule has 0 saturated heterocycles. The van der Waals surface area contributed by atoms with E-state index in [2.05, 4.69) is 52.0 Å². The normalized spacial score (nSPS) is 10.9. The van der Waals surface area contributed by atoms with Crippen LogP contribution in [0.15, 0.2) is 29.4 Å². The molecule has 112 valence electrons. The van der Waals surface area contributed by atoms with Crippen LogP contribution in [-0.4, -0.2) is 26.4 Å². The summed E-state index contributed by atoms with van der Waals surface area (Å²) in [6, 6.07) is 7.70. The molecular formula is C14H17IN4OS. The van der Waals surface area contributed by atoms with Crippen LogP contribution >= 0.6 is 34.4 Å². The Morgan fingerprint density at radius 1 is 1.33 bits per heavy atom. The molecule has 1 heterocycles. The Morgan fingerprint density at radius 3 is 2.57 bits per heavy atom. The van der Waals surface area contributed by atoms with E-state index in [-0.39, 0.29) is 5.91 Å². The van der Waals surface area contributed by atoms with Gasteiger partial charge in [-0.1, -0.05) is 25.6 Å². The lowest BCUT2D eigenvalue weighted by atomic mass is 10.2. The zero-order chi connectivity index (χ0) is 15.4. The highest BCUT2D eigenvalue weighted by Crippen LogP contribution is 2.20. The fourth-order valence-corrected chi connectivity index (χ4v) is 2.89. The van der Waals surface area contributed by atoms with E-state index < -0.39 is 0 Å². The third kappa shape index (κ3) is 4.44. The second kappa shape index (κ2) is 7.26. The molecule has 0 aliphatic rings. The van der Waals surface area contributed by atoms with Gasteiger partial charge in [-0.25, -0.2) is 0 Å². The SMILES string of the molecule is CC(C)c1nnc(SCC(=O)Nc2ccc(I)cc2)n1C. The zero-order valence-corrected chi connectivity index (χ0v) is 15.1. The molecule has 1 amide bonds. The van der Waals surface area contributed by atoms with Crippen LogP contribution in [0.5, 0.6) is 0 Å². The number of amides is 1. The third-order valence-electron chi connectivity index (χ3n) is 2.85. The van der Waals surface area contributed by atoms with E-state index in [9.17, 15) is 4.79 Å². The molecule has 0 aliphatic carbocycles. The number of rotatable bonds is 5. The summed E-state index contributed by atoms with van der Waals surface area (Å²) in [7, 11) is 1.93. The maximum absolute atomic E-state index is 11.9. The maximum Gasteiger partial charge on any atom is 0.234 e. The van der Waals surface area contributed by atoms with Crippen molar-refractivity contribution < 1.29 is 4.79 Å². The number of hydrogen-bond donors (Lipinski definition) is 1. The molecular weight excluding hydrogens is 399 g/mol. The molecule has 1 aromatic carbocycles. The quantitative estimate of drug-likeness (QED) is 0.601. The van der Waals surface area contributed by atoms with E-state index in [0.717, 1.165) is 20.2 Å². The molecule has 1 N–H and O–H groups in total. The molecule has 2 aromatic rings. The first kappa shape index (κ1) is 16.3. The second-order valence-electron chi connectivity index (χ2n) is 4.90. The number of hydrogen-bond acceptors (Lipinski definition) is 4. The van der Waals surface area contributed by atoms with E-state index in [0.29, 0.717) is 11.7 Å². The number of nitrogens with one attached hydrogen (secondary N) is 1. The predicted molar refractivity (Wildman–Crippen MR) is 93.6 cm³/mol. The van der Waals surface area contributed by atoms with Crippen LogP contribution in [0.25, 0.3) is 0 Å². The Kier molecular flexibility index (Phi) is 5.63. The smallest absolute Gasteiger partial charge is 0.234 e. The zero-order valence-electron chi connectivity index (χ0n) is 12.1. The van der Waals surface area contributed by atoms with Crippen LogP contribution in [0, 0.1) is 3.57 Å². The van der Waals surface area contributed by atoms with Crippen molar-refractivity contribution in [1.29, 1.82) is 0 Å². The van der Waals surface area contributed by atoms with Crippen LogP contribution < -0.4 is 5.32 Å². The minimum atomic E-state index is -0.0460. The lowest BCUT2D eigenvalue weighted by Crippen LogP contribution is -2.14. The summed E-state index contributed by atoms with van der Waals surface area (Å²) in [5.74, 6) is 1.51. The molecule has 0 atom stereocenters. The summed E-state index contributed by atoms with van der Waals surface area (Å²) in [6.45, 7) is 4.14. The van der Waals surface area contributed by atoms with E-state index in [1.807, 2.05) is 35.9 Å². The number of halogens is 1. The molecule has 0 unspecified atom stereocenters. The van der Waals surface area contributed by atoms with Gasteiger partial charge in [-0.2, -0.15) is 0 Å². The molecule has 7 heteroatoms. The summed E-state index contributed by atoms with van der Waals surface area (Å²) in [5.41, 5.74) is 0.807. The summed E-state index contributed by atoms with van der Waals surface area (Å²) in [6.07, 6.45) is 0. The maximum atomic E-state index is 11.9. The average molecular weight is 416 g/mol. The molecule has 5 nitrogen and oxygen atoms in total. The van der Waals surface area contributed by atoms with Gasteiger partial charge in [0.2, 0.25) is 5.91 Å². The van der Waals surface area contributed by atoms with Gasteiger partial charge in [-0.15, -0.1) is 10.2 Å². The number of anilines is 1. The van der Waals surface area contributed by atoms with Gasteiger partial charge in [-0.05, 0) is 46.9 Å². The van der Waals surface area contributed by atoms with Crippen molar-refractivity contribution in [2.75, 3.05) is 11.1 Å². The highest BCUT2D eigenvalue weighted by molar-refractivity contribution is 14.1. The number of thioether (sulfide) groups is 1. The minimum Gasteiger partial charge on any atom is -0.325 e. The lowest BCUT2D eigenvalue weighted by molar-refractivity contribution is -0.113. The minimum absolute atomic E-state index is 0.0460. The van der Waals surface area contributed by atoms with Gasteiger partial charge in [0.25, 0.3) is 0 Å². The molecule has 0 saturated carbocycles. The van der Waals surface area contributed by atoms with Crippen LogP contribution in [0.1, 0.15) is 25.6 Å². The Hall–Kier alpha value is -1.09. The predicted octanol–water partition coefficient (Wildman–Crippen LogP) is 3.27. The van der Waals surface area contributed by atoms with Crippen molar-refractivity contribution in [1.82, 2.24) is 14.8 Å². The van der Waals surface area contributed by atoms with Gasteiger partial charge in [0.1, 0.15) is 5.82 Å². The van der Waals surface area contributed by atoms with Crippen molar-refractivity contribution in [3.63, 3.8) is 0 Å². The standard InChI is InChI=1S/C14H17IN4OS/c1-9(2)13-17-18-14(19(13)3)21-8-12(20)16-11-6-4-10(15)5-7-11/h4-7,9H,8H2,1-3H3,(H,16,20). The number of benzene rings is 1. The summed E-state index contributed by atoms with van der Waals surface area (Å²) in [5, 5.41) is 11.9. The van der Waals surface area contributed by atoms with Gasteiger partial charge in [-0.3, -0.25) is 4.79 Å². The average Bonchev–Trinajstić information content (AvgIpc) is 2.80. The summed E-state index contributed by atoms with van der Waals surface area (Å²) in [4.78, 5) is 11.9. The van der Waals surface area contributed by atoms with Gasteiger partial charge in [0, 0.05) is 22.2 Å². The van der Waals surface area contributed by atoms with Crippen LogP contribution in [0.3, 0.4) is 0 Å². The van der Waals surface area contributed by atoms with E-state index in [1.54, 1.807) is 0 Å². The summed E-state index contributed by atoms with van der Waals surface area (Å²) >= 11 is 3.62. The number of aromatic nitrogens is 3. The van der Waals surface area contributed by atoms with Crippen molar-refractivity contribution >= 4 is 45.9 Å². The van der Waals surface area contributed by atoms with E-state index in [1.165, 1.54) is 11.8 Å². The molecule has 21 heavy (non-hydrogen) atoms. The van der Waals surface area contributed by atoms with Crippen molar-refractivity contribution in [2.24, 2.45) is 7.05 Å². The first-order chi connectivity index (χ1) is 9.97. The first-order valence-corrected chi connectivity index (χ1v) is 8.61. The largest absolute Gasteiger partial charge is 0.325 e. The van der Waals surface area contributed by atoms with Crippen LogP contribution in [-0.2, 0) is 11.8 Å². The Bertz CT molecular complexity index is 624. The van der Waals surface area contributed by atoms with E-state index >= 15 is 0 Å². The van der Waals surface area contributed by atoms with Crippen LogP contribution in [0.2, 0.25) is 0 Å².